The summed E-state index contributed by atoms with van der Waals surface area (Å²) < 4.78 is 28.1. The maximum atomic E-state index is 14.2. The van der Waals surface area contributed by atoms with Crippen molar-refractivity contribution in [3.63, 3.8) is 0 Å². The van der Waals surface area contributed by atoms with Crippen LogP contribution in [0.4, 0.5) is 14.5 Å². The quantitative estimate of drug-likeness (QED) is 0.842. The second-order valence-corrected chi connectivity index (χ2v) is 5.89. The molecule has 0 aromatic heterocycles. The average Bonchev–Trinajstić information content (AvgIpc) is 3.24. The van der Waals surface area contributed by atoms with Crippen molar-refractivity contribution < 1.29 is 8.78 Å². The number of nitrogens with zero attached hydrogens (tertiary/aromatic N) is 1. The second-order valence-electron chi connectivity index (χ2n) is 5.45. The maximum absolute atomic E-state index is 14.2. The van der Waals surface area contributed by atoms with Crippen LogP contribution in [0.15, 0.2) is 12.1 Å². The molecule has 0 heterocycles. The van der Waals surface area contributed by atoms with Gasteiger partial charge in [0.2, 0.25) is 0 Å². The fourth-order valence-electron chi connectivity index (χ4n) is 2.36. The number of benzene rings is 1. The molecule has 0 saturated heterocycles. The minimum atomic E-state index is -0.925. The van der Waals surface area contributed by atoms with Crippen LogP contribution in [0.25, 0.3) is 0 Å². The summed E-state index contributed by atoms with van der Waals surface area (Å²) in [7, 11) is 0. The Bertz CT molecular complexity index is 524. The van der Waals surface area contributed by atoms with E-state index in [1.54, 1.807) is 6.07 Å². The van der Waals surface area contributed by atoms with Gasteiger partial charge < -0.3 is 10.6 Å². The molecule has 0 radical (unpaired) electrons. The predicted octanol–water partition coefficient (Wildman–Crippen LogP) is 2.98. The van der Waals surface area contributed by atoms with Gasteiger partial charge in [-0.25, -0.2) is 8.78 Å². The Labute approximate surface area is 116 Å². The highest BCUT2D eigenvalue weighted by Gasteiger charge is 2.35. The average molecular weight is 282 g/mol. The molecule has 3 rings (SSSR count). The maximum Gasteiger partial charge on any atom is 0.182 e. The van der Waals surface area contributed by atoms with Crippen molar-refractivity contribution in [3.05, 3.63) is 29.3 Å². The number of rotatable bonds is 5. The molecule has 102 valence electrons. The normalized spacial score (nSPS) is 18.4. The summed E-state index contributed by atoms with van der Waals surface area (Å²) in [5.74, 6) is -1.11. The summed E-state index contributed by atoms with van der Waals surface area (Å²) in [6.07, 6.45) is 4.51. The first kappa shape index (κ1) is 12.8. The van der Waals surface area contributed by atoms with E-state index in [9.17, 15) is 8.78 Å². The van der Waals surface area contributed by atoms with Crippen LogP contribution in [-0.2, 0) is 0 Å². The summed E-state index contributed by atoms with van der Waals surface area (Å²) in [6.45, 7) is 0.827. The summed E-state index contributed by atoms with van der Waals surface area (Å²) in [5, 5.41) is 0. The number of nitrogens with two attached hydrogens (primary N) is 1. The fourth-order valence-corrected chi connectivity index (χ4v) is 2.52. The lowest BCUT2D eigenvalue weighted by molar-refractivity contribution is 0.503. The number of hydrogen-bond donors (Lipinski definition) is 1. The van der Waals surface area contributed by atoms with Gasteiger partial charge in [-0.3, -0.25) is 0 Å². The van der Waals surface area contributed by atoms with Crippen LogP contribution >= 0.6 is 12.2 Å². The Morgan fingerprint density at radius 2 is 1.89 bits per heavy atom. The Kier molecular flexibility index (Phi) is 3.17. The van der Waals surface area contributed by atoms with Crippen molar-refractivity contribution in [2.45, 2.75) is 31.7 Å². The Morgan fingerprint density at radius 3 is 2.42 bits per heavy atom. The number of thiocarbonyl (C=S) groups is 1. The van der Waals surface area contributed by atoms with Gasteiger partial charge in [-0.05, 0) is 43.7 Å². The largest absolute Gasteiger partial charge is 0.389 e. The first-order valence-electron chi connectivity index (χ1n) is 6.62. The molecule has 2 nitrogen and oxygen atoms in total. The Hall–Kier alpha value is -1.23. The van der Waals surface area contributed by atoms with E-state index in [1.807, 2.05) is 4.90 Å². The summed E-state index contributed by atoms with van der Waals surface area (Å²) >= 11 is 4.72. The first-order chi connectivity index (χ1) is 9.08. The van der Waals surface area contributed by atoms with Gasteiger partial charge in [-0.15, -0.1) is 0 Å². The zero-order valence-corrected chi connectivity index (χ0v) is 11.4. The first-order valence-corrected chi connectivity index (χ1v) is 7.03. The standard InChI is InChI=1S/C14H16F2N2S/c15-12-10(14(17)19)5-6-11(13(12)16)18(9-3-4-9)7-8-1-2-8/h5-6,8-9H,1-4,7H2,(H2,17,19). The van der Waals surface area contributed by atoms with E-state index in [0.717, 1.165) is 19.4 Å². The molecule has 1 aromatic carbocycles. The van der Waals surface area contributed by atoms with E-state index in [-0.39, 0.29) is 10.6 Å². The molecule has 2 N–H and O–H groups in total. The lowest BCUT2D eigenvalue weighted by Gasteiger charge is -2.25. The third-order valence-corrected chi connectivity index (χ3v) is 4.00. The van der Waals surface area contributed by atoms with Crippen LogP contribution in [0, 0.1) is 17.6 Å². The van der Waals surface area contributed by atoms with Crippen LogP contribution in [0.3, 0.4) is 0 Å². The Balaban J connectivity index is 1.93. The number of halogens is 2. The molecule has 0 bridgehead atoms. The predicted molar refractivity (Wildman–Crippen MR) is 75.3 cm³/mol. The number of hydrogen-bond acceptors (Lipinski definition) is 2. The third kappa shape index (κ3) is 2.56. The smallest absolute Gasteiger partial charge is 0.182 e. The molecule has 0 unspecified atom stereocenters. The highest BCUT2D eigenvalue weighted by Crippen LogP contribution is 2.39. The molecular formula is C14H16F2N2S. The van der Waals surface area contributed by atoms with Gasteiger partial charge in [0.15, 0.2) is 11.6 Å². The van der Waals surface area contributed by atoms with Gasteiger partial charge in [0, 0.05) is 18.2 Å². The van der Waals surface area contributed by atoms with Crippen molar-refractivity contribution >= 4 is 22.9 Å². The van der Waals surface area contributed by atoms with Crippen molar-refractivity contribution in [2.24, 2.45) is 11.7 Å². The molecule has 5 heteroatoms. The van der Waals surface area contributed by atoms with Gasteiger partial charge in [0.1, 0.15) is 4.99 Å². The van der Waals surface area contributed by atoms with E-state index in [0.29, 0.717) is 17.6 Å². The monoisotopic (exact) mass is 282 g/mol. The lowest BCUT2D eigenvalue weighted by Crippen LogP contribution is -2.29. The van der Waals surface area contributed by atoms with Crippen LogP contribution in [-0.4, -0.2) is 17.6 Å². The zero-order valence-electron chi connectivity index (χ0n) is 10.5. The number of anilines is 1. The van der Waals surface area contributed by atoms with Crippen molar-refractivity contribution in [3.8, 4) is 0 Å². The SMILES string of the molecule is NC(=S)c1ccc(N(CC2CC2)C2CC2)c(F)c1F. The van der Waals surface area contributed by atoms with Crippen LogP contribution < -0.4 is 10.6 Å². The second kappa shape index (κ2) is 4.71. The summed E-state index contributed by atoms with van der Waals surface area (Å²) in [5.41, 5.74) is 5.72. The molecule has 0 atom stereocenters. The topological polar surface area (TPSA) is 29.3 Å². The van der Waals surface area contributed by atoms with Gasteiger partial charge in [-0.1, -0.05) is 12.2 Å². The molecule has 19 heavy (non-hydrogen) atoms. The molecule has 2 saturated carbocycles. The van der Waals surface area contributed by atoms with E-state index in [4.69, 9.17) is 18.0 Å². The van der Waals surface area contributed by atoms with E-state index in [1.165, 1.54) is 18.9 Å². The molecule has 2 aliphatic carbocycles. The van der Waals surface area contributed by atoms with Crippen LogP contribution in [0.2, 0.25) is 0 Å². The van der Waals surface area contributed by atoms with E-state index in [2.05, 4.69) is 0 Å². The van der Waals surface area contributed by atoms with Crippen molar-refractivity contribution in [1.82, 2.24) is 0 Å². The van der Waals surface area contributed by atoms with Gasteiger partial charge in [0.25, 0.3) is 0 Å². The molecule has 0 amide bonds. The van der Waals surface area contributed by atoms with Gasteiger partial charge in [-0.2, -0.15) is 0 Å². The molecule has 0 aliphatic heterocycles. The zero-order chi connectivity index (χ0) is 13.6. The fraction of sp³-hybridized carbons (Fsp3) is 0.500. The lowest BCUT2D eigenvalue weighted by atomic mass is 10.1. The third-order valence-electron chi connectivity index (χ3n) is 3.78. The van der Waals surface area contributed by atoms with E-state index < -0.39 is 11.6 Å². The van der Waals surface area contributed by atoms with E-state index >= 15 is 0 Å². The van der Waals surface area contributed by atoms with Crippen LogP contribution in [0.5, 0.6) is 0 Å². The summed E-state index contributed by atoms with van der Waals surface area (Å²) in [4.78, 5) is 1.91. The Morgan fingerprint density at radius 1 is 1.21 bits per heavy atom. The molecule has 1 aromatic rings. The van der Waals surface area contributed by atoms with Crippen molar-refractivity contribution in [1.29, 1.82) is 0 Å². The minimum Gasteiger partial charge on any atom is -0.389 e. The molecule has 2 fully saturated rings. The van der Waals surface area contributed by atoms with Gasteiger partial charge >= 0.3 is 0 Å². The van der Waals surface area contributed by atoms with Crippen molar-refractivity contribution in [2.75, 3.05) is 11.4 Å². The highest BCUT2D eigenvalue weighted by atomic mass is 32.1. The minimum absolute atomic E-state index is 0.0154. The molecular weight excluding hydrogens is 266 g/mol. The highest BCUT2D eigenvalue weighted by molar-refractivity contribution is 7.80. The van der Waals surface area contributed by atoms with Crippen LogP contribution in [0.1, 0.15) is 31.2 Å². The summed E-state index contributed by atoms with van der Waals surface area (Å²) in [6, 6.07) is 3.46. The molecule has 2 aliphatic rings. The van der Waals surface area contributed by atoms with Gasteiger partial charge in [0.05, 0.1) is 5.69 Å². The molecule has 0 spiro atoms.